The summed E-state index contributed by atoms with van der Waals surface area (Å²) in [6, 6.07) is 1.99. The van der Waals surface area contributed by atoms with Crippen molar-refractivity contribution in [2.75, 3.05) is 5.32 Å². The first-order valence-electron chi connectivity index (χ1n) is 7.96. The first kappa shape index (κ1) is 19.8. The van der Waals surface area contributed by atoms with Gasteiger partial charge in [-0.3, -0.25) is 9.59 Å². The van der Waals surface area contributed by atoms with Crippen molar-refractivity contribution in [1.82, 2.24) is 5.32 Å². The zero-order valence-corrected chi connectivity index (χ0v) is 16.4. The Kier molecular flexibility index (Phi) is 7.42. The SMILES string of the molecule is CC(=O)[C@@H](CCC(=O)Nc1c(C)cc(C)c(Br)c1C)NC(C)C. The number of anilines is 1. The zero-order valence-electron chi connectivity index (χ0n) is 14.8. The number of carbonyl (C=O) groups excluding carboxylic acids is 2. The van der Waals surface area contributed by atoms with Crippen LogP contribution in [0.4, 0.5) is 5.69 Å². The molecule has 0 bridgehead atoms. The van der Waals surface area contributed by atoms with Gasteiger partial charge in [-0.05, 0) is 50.8 Å². The summed E-state index contributed by atoms with van der Waals surface area (Å²) in [5, 5.41) is 6.19. The molecule has 1 atom stereocenters. The van der Waals surface area contributed by atoms with E-state index in [4.69, 9.17) is 0 Å². The number of hydrogen-bond donors (Lipinski definition) is 2. The quantitative estimate of drug-likeness (QED) is 0.747. The summed E-state index contributed by atoms with van der Waals surface area (Å²) in [6.45, 7) is 11.5. The molecule has 5 heteroatoms. The van der Waals surface area contributed by atoms with E-state index in [-0.39, 0.29) is 23.8 Å². The van der Waals surface area contributed by atoms with Crippen LogP contribution >= 0.6 is 15.9 Å². The molecule has 0 spiro atoms. The Labute approximate surface area is 147 Å². The van der Waals surface area contributed by atoms with Gasteiger partial charge >= 0.3 is 0 Å². The molecule has 4 nitrogen and oxygen atoms in total. The molecule has 0 radical (unpaired) electrons. The molecule has 0 heterocycles. The Morgan fingerprint density at radius 3 is 2.30 bits per heavy atom. The van der Waals surface area contributed by atoms with Gasteiger partial charge in [-0.15, -0.1) is 0 Å². The molecule has 2 N–H and O–H groups in total. The van der Waals surface area contributed by atoms with E-state index >= 15 is 0 Å². The molecule has 0 saturated carbocycles. The van der Waals surface area contributed by atoms with Crippen molar-refractivity contribution in [3.8, 4) is 0 Å². The van der Waals surface area contributed by atoms with Gasteiger partial charge < -0.3 is 10.6 Å². The molecule has 1 rings (SSSR count). The fraction of sp³-hybridized carbons (Fsp3) is 0.556. The van der Waals surface area contributed by atoms with Gasteiger partial charge in [0.15, 0.2) is 0 Å². The smallest absolute Gasteiger partial charge is 0.224 e. The van der Waals surface area contributed by atoms with Crippen molar-refractivity contribution in [3.63, 3.8) is 0 Å². The molecular formula is C18H27BrN2O2. The van der Waals surface area contributed by atoms with Gasteiger partial charge in [0, 0.05) is 22.6 Å². The highest BCUT2D eigenvalue weighted by molar-refractivity contribution is 9.10. The highest BCUT2D eigenvalue weighted by Gasteiger charge is 2.18. The number of Topliss-reactive ketones (excluding diaryl/α,β-unsaturated/α-hetero) is 1. The molecule has 0 aliphatic rings. The number of halogens is 1. The lowest BCUT2D eigenvalue weighted by atomic mass is 10.0. The first-order chi connectivity index (χ1) is 10.6. The zero-order chi connectivity index (χ0) is 17.7. The second-order valence-corrected chi connectivity index (χ2v) is 7.19. The maximum absolute atomic E-state index is 12.3. The molecule has 1 amide bonds. The van der Waals surface area contributed by atoms with Crippen molar-refractivity contribution < 1.29 is 9.59 Å². The Hall–Kier alpha value is -1.20. The topological polar surface area (TPSA) is 58.2 Å². The number of carbonyl (C=O) groups is 2. The summed E-state index contributed by atoms with van der Waals surface area (Å²) < 4.78 is 1.02. The largest absolute Gasteiger partial charge is 0.326 e. The summed E-state index contributed by atoms with van der Waals surface area (Å²) in [5.74, 6) is 0.000649. The summed E-state index contributed by atoms with van der Waals surface area (Å²) in [7, 11) is 0. The van der Waals surface area contributed by atoms with Crippen LogP contribution in [0.5, 0.6) is 0 Å². The highest BCUT2D eigenvalue weighted by atomic mass is 79.9. The van der Waals surface area contributed by atoms with Crippen molar-refractivity contribution in [3.05, 3.63) is 27.2 Å². The van der Waals surface area contributed by atoms with Crippen LogP contribution in [-0.4, -0.2) is 23.8 Å². The second-order valence-electron chi connectivity index (χ2n) is 6.40. The molecular weight excluding hydrogens is 356 g/mol. The predicted octanol–water partition coefficient (Wildman–Crippen LogP) is 4.05. The summed E-state index contributed by atoms with van der Waals surface area (Å²) in [6.07, 6.45) is 0.818. The Balaban J connectivity index is 2.74. The highest BCUT2D eigenvalue weighted by Crippen LogP contribution is 2.30. The lowest BCUT2D eigenvalue weighted by Crippen LogP contribution is -2.40. The van der Waals surface area contributed by atoms with E-state index in [9.17, 15) is 9.59 Å². The summed E-state index contributed by atoms with van der Waals surface area (Å²) in [4.78, 5) is 23.9. The third kappa shape index (κ3) is 5.74. The molecule has 0 aliphatic carbocycles. The minimum atomic E-state index is -0.271. The van der Waals surface area contributed by atoms with Crippen LogP contribution in [-0.2, 0) is 9.59 Å². The van der Waals surface area contributed by atoms with Crippen molar-refractivity contribution in [2.45, 2.75) is 66.5 Å². The minimum absolute atomic E-state index is 0.0660. The molecule has 0 saturated heterocycles. The van der Waals surface area contributed by atoms with Crippen molar-refractivity contribution >= 4 is 33.3 Å². The van der Waals surface area contributed by atoms with Crippen LogP contribution in [0.15, 0.2) is 10.5 Å². The molecule has 1 aromatic rings. The van der Waals surface area contributed by atoms with E-state index in [1.165, 1.54) is 0 Å². The van der Waals surface area contributed by atoms with E-state index in [0.717, 1.165) is 26.9 Å². The normalized spacial score (nSPS) is 12.3. The third-order valence-corrected chi connectivity index (χ3v) is 5.05. The number of hydrogen-bond acceptors (Lipinski definition) is 3. The van der Waals surface area contributed by atoms with Gasteiger partial charge in [0.25, 0.3) is 0 Å². The van der Waals surface area contributed by atoms with Gasteiger partial charge in [0.1, 0.15) is 5.78 Å². The van der Waals surface area contributed by atoms with E-state index < -0.39 is 0 Å². The van der Waals surface area contributed by atoms with Crippen LogP contribution in [0, 0.1) is 20.8 Å². The molecule has 0 aromatic heterocycles. The number of benzene rings is 1. The molecule has 23 heavy (non-hydrogen) atoms. The van der Waals surface area contributed by atoms with Crippen LogP contribution < -0.4 is 10.6 Å². The Morgan fingerprint density at radius 1 is 1.17 bits per heavy atom. The Bertz CT molecular complexity index is 597. The number of rotatable bonds is 7. The van der Waals surface area contributed by atoms with Gasteiger partial charge in [-0.25, -0.2) is 0 Å². The van der Waals surface area contributed by atoms with Gasteiger partial charge in [0.05, 0.1) is 6.04 Å². The van der Waals surface area contributed by atoms with E-state index in [0.29, 0.717) is 12.8 Å². The number of aryl methyl sites for hydroxylation is 2. The van der Waals surface area contributed by atoms with Crippen molar-refractivity contribution in [1.29, 1.82) is 0 Å². The molecule has 128 valence electrons. The monoisotopic (exact) mass is 382 g/mol. The average molecular weight is 383 g/mol. The standard InChI is InChI=1S/C18H27BrN2O2/c1-10(2)20-15(14(6)22)7-8-16(23)21-18-12(4)9-11(3)17(19)13(18)5/h9-10,15,20H,7-8H2,1-6H3,(H,21,23)/t15-/m1/s1. The average Bonchev–Trinajstić information content (AvgIpc) is 2.45. The fourth-order valence-corrected chi connectivity index (χ4v) is 2.95. The van der Waals surface area contributed by atoms with Crippen LogP contribution in [0.25, 0.3) is 0 Å². The number of amides is 1. The second kappa shape index (κ2) is 8.60. The van der Waals surface area contributed by atoms with Crippen LogP contribution in [0.1, 0.15) is 50.3 Å². The summed E-state index contributed by atoms with van der Waals surface area (Å²) >= 11 is 3.56. The van der Waals surface area contributed by atoms with E-state index in [1.54, 1.807) is 6.92 Å². The molecule has 1 aromatic carbocycles. The summed E-state index contributed by atoms with van der Waals surface area (Å²) in [5.41, 5.74) is 4.07. The molecule has 0 fully saturated rings. The third-order valence-electron chi connectivity index (χ3n) is 3.83. The number of nitrogens with one attached hydrogen (secondary N) is 2. The van der Waals surface area contributed by atoms with Gasteiger partial charge in [-0.1, -0.05) is 35.8 Å². The lowest BCUT2D eigenvalue weighted by Gasteiger charge is -2.19. The van der Waals surface area contributed by atoms with Gasteiger partial charge in [0.2, 0.25) is 5.91 Å². The lowest BCUT2D eigenvalue weighted by molar-refractivity contribution is -0.119. The van der Waals surface area contributed by atoms with Crippen LogP contribution in [0.2, 0.25) is 0 Å². The minimum Gasteiger partial charge on any atom is -0.326 e. The fourth-order valence-electron chi connectivity index (χ4n) is 2.64. The van der Waals surface area contributed by atoms with Gasteiger partial charge in [-0.2, -0.15) is 0 Å². The number of ketones is 1. The maximum atomic E-state index is 12.3. The predicted molar refractivity (Wildman–Crippen MR) is 99.0 cm³/mol. The maximum Gasteiger partial charge on any atom is 0.224 e. The molecule has 0 aliphatic heterocycles. The van der Waals surface area contributed by atoms with E-state index in [2.05, 4.69) is 26.6 Å². The van der Waals surface area contributed by atoms with Crippen molar-refractivity contribution in [2.24, 2.45) is 0 Å². The van der Waals surface area contributed by atoms with Crippen LogP contribution in [0.3, 0.4) is 0 Å². The first-order valence-corrected chi connectivity index (χ1v) is 8.75. The van der Waals surface area contributed by atoms with E-state index in [1.807, 2.05) is 40.7 Å². The molecule has 0 unspecified atom stereocenters. The Morgan fingerprint density at radius 2 is 1.78 bits per heavy atom.